The predicted octanol–water partition coefficient (Wildman–Crippen LogP) is 2.90. The van der Waals surface area contributed by atoms with Crippen molar-refractivity contribution in [3.63, 3.8) is 0 Å². The monoisotopic (exact) mass is 609 g/mol. The molecule has 14 heteroatoms. The van der Waals surface area contributed by atoms with Gasteiger partial charge in [-0.25, -0.2) is 0 Å². The first-order valence-electron chi connectivity index (χ1n) is 13.2. The SMILES string of the molecule is Cc1ccc(-c2ccc(O[PH](O)(N[C@@H](C)C(=O)OC(C)C)OC[C@H]3O[C@@H](n4ccc(=O)[nH]c4=O)[C@@H](C)[C@@H]3O)cc2)s1. The molecule has 4 rings (SSSR count). The molecule has 224 valence electrons. The van der Waals surface area contributed by atoms with E-state index in [-0.39, 0.29) is 12.7 Å². The van der Waals surface area contributed by atoms with Crippen LogP contribution in [-0.2, 0) is 18.8 Å². The fourth-order valence-corrected chi connectivity index (χ4v) is 6.96. The maximum atomic E-state index is 12.5. The van der Waals surface area contributed by atoms with Crippen molar-refractivity contribution in [2.24, 2.45) is 5.92 Å². The van der Waals surface area contributed by atoms with Crippen LogP contribution in [0, 0.1) is 12.8 Å². The molecule has 1 aliphatic heterocycles. The van der Waals surface area contributed by atoms with Gasteiger partial charge in [-0.1, -0.05) is 0 Å². The van der Waals surface area contributed by atoms with Gasteiger partial charge in [-0.05, 0) is 0 Å². The molecule has 2 aromatic heterocycles. The van der Waals surface area contributed by atoms with Crippen molar-refractivity contribution < 1.29 is 33.3 Å². The number of ether oxygens (including phenoxy) is 2. The van der Waals surface area contributed by atoms with Gasteiger partial charge in [0.15, 0.2) is 0 Å². The van der Waals surface area contributed by atoms with E-state index in [1.165, 1.54) is 28.6 Å². The zero-order valence-electron chi connectivity index (χ0n) is 23.4. The molecule has 3 aromatic rings. The maximum absolute atomic E-state index is 12.5. The number of aromatic nitrogens is 2. The molecular weight excluding hydrogens is 573 g/mol. The van der Waals surface area contributed by atoms with Crippen LogP contribution in [-0.4, -0.2) is 56.5 Å². The summed E-state index contributed by atoms with van der Waals surface area (Å²) in [5.74, 6) is -0.860. The number of rotatable bonds is 11. The number of carbonyl (C=O) groups is 1. The predicted molar refractivity (Wildman–Crippen MR) is 156 cm³/mol. The summed E-state index contributed by atoms with van der Waals surface area (Å²) in [7, 11) is -4.35. The Morgan fingerprint density at radius 3 is 2.49 bits per heavy atom. The Hall–Kier alpha value is -2.90. The van der Waals surface area contributed by atoms with E-state index in [4.69, 9.17) is 18.5 Å². The minimum atomic E-state index is -4.35. The number of nitrogens with zero attached hydrogens (tertiary/aromatic N) is 1. The summed E-state index contributed by atoms with van der Waals surface area (Å²) in [6, 6.07) is 11.3. The second-order valence-electron chi connectivity index (χ2n) is 10.2. The van der Waals surface area contributed by atoms with Crippen molar-refractivity contribution in [3.8, 4) is 16.2 Å². The molecule has 0 bridgehead atoms. The number of thiophene rings is 1. The van der Waals surface area contributed by atoms with Crippen LogP contribution in [0.15, 0.2) is 58.3 Å². The molecule has 5 atom stereocenters. The number of esters is 1. The molecule has 4 N–H and O–H groups in total. The number of hydrogen-bond donors (Lipinski definition) is 4. The van der Waals surface area contributed by atoms with E-state index < -0.39 is 55.7 Å². The summed E-state index contributed by atoms with van der Waals surface area (Å²) < 4.78 is 24.1. The number of aliphatic hydroxyl groups excluding tert-OH is 1. The third kappa shape index (κ3) is 7.69. The number of aliphatic hydroxyl groups is 1. The van der Waals surface area contributed by atoms with Crippen molar-refractivity contribution in [1.82, 2.24) is 14.6 Å². The van der Waals surface area contributed by atoms with Crippen LogP contribution in [0.3, 0.4) is 0 Å². The van der Waals surface area contributed by atoms with Crippen molar-refractivity contribution in [1.29, 1.82) is 0 Å². The van der Waals surface area contributed by atoms with Gasteiger partial charge in [0.25, 0.3) is 0 Å². The van der Waals surface area contributed by atoms with Crippen LogP contribution in [0.25, 0.3) is 10.4 Å². The summed E-state index contributed by atoms with van der Waals surface area (Å²) in [5.41, 5.74) is -0.263. The first-order valence-corrected chi connectivity index (χ1v) is 15.8. The number of nitrogens with one attached hydrogen (secondary N) is 2. The average molecular weight is 610 g/mol. The number of aryl methyl sites for hydroxylation is 1. The van der Waals surface area contributed by atoms with Crippen LogP contribution in [0.1, 0.15) is 38.8 Å². The summed E-state index contributed by atoms with van der Waals surface area (Å²) in [6.07, 6.45) is -2.00. The van der Waals surface area contributed by atoms with Gasteiger partial charge in [0.1, 0.15) is 0 Å². The molecule has 0 saturated carbocycles. The topological polar surface area (TPSA) is 161 Å². The van der Waals surface area contributed by atoms with Gasteiger partial charge in [-0.3, -0.25) is 0 Å². The second kappa shape index (κ2) is 13.0. The fourth-order valence-electron chi connectivity index (χ4n) is 4.37. The Morgan fingerprint density at radius 1 is 1.17 bits per heavy atom. The summed E-state index contributed by atoms with van der Waals surface area (Å²) in [5, 5.41) is 13.6. The van der Waals surface area contributed by atoms with Crippen LogP contribution >= 0.6 is 19.4 Å². The van der Waals surface area contributed by atoms with E-state index in [1.54, 1.807) is 44.2 Å². The molecule has 0 amide bonds. The van der Waals surface area contributed by atoms with Gasteiger partial charge < -0.3 is 0 Å². The number of benzene rings is 1. The Balaban J connectivity index is 1.51. The zero-order valence-corrected chi connectivity index (χ0v) is 25.2. The minimum absolute atomic E-state index is 0.298. The molecule has 0 aliphatic carbocycles. The van der Waals surface area contributed by atoms with Gasteiger partial charge in [0.05, 0.1) is 0 Å². The summed E-state index contributed by atoms with van der Waals surface area (Å²) in [4.78, 5) is 52.2. The number of carbonyl (C=O) groups excluding carboxylic acids is 1. The number of H-pyrrole nitrogens is 1. The van der Waals surface area contributed by atoms with Gasteiger partial charge in [-0.2, -0.15) is 0 Å². The van der Waals surface area contributed by atoms with Crippen LogP contribution in [0.4, 0.5) is 0 Å². The average Bonchev–Trinajstić information content (AvgIpc) is 3.46. The first kappa shape index (κ1) is 31.0. The van der Waals surface area contributed by atoms with Crippen molar-refractivity contribution >= 4 is 25.4 Å². The van der Waals surface area contributed by atoms with Crippen LogP contribution < -0.4 is 20.9 Å². The Bertz CT molecular complexity index is 1460. The molecule has 1 aliphatic rings. The van der Waals surface area contributed by atoms with Gasteiger partial charge in [-0.15, -0.1) is 0 Å². The van der Waals surface area contributed by atoms with E-state index >= 15 is 0 Å². The molecule has 1 fully saturated rings. The molecule has 0 unspecified atom stereocenters. The van der Waals surface area contributed by atoms with Crippen molar-refractivity contribution in [2.45, 2.75) is 65.2 Å². The van der Waals surface area contributed by atoms with E-state index in [2.05, 4.69) is 10.1 Å². The Labute approximate surface area is 241 Å². The van der Waals surface area contributed by atoms with E-state index in [1.807, 2.05) is 31.2 Å². The third-order valence-electron chi connectivity index (χ3n) is 6.49. The number of hydrogen-bond acceptors (Lipinski definition) is 11. The molecule has 1 saturated heterocycles. The third-order valence-corrected chi connectivity index (χ3v) is 9.41. The molecule has 41 heavy (non-hydrogen) atoms. The van der Waals surface area contributed by atoms with Gasteiger partial charge >= 0.3 is 242 Å². The van der Waals surface area contributed by atoms with Crippen LogP contribution in [0.5, 0.6) is 5.75 Å². The quantitative estimate of drug-likeness (QED) is 0.188. The molecular formula is C27H36N3O9PS. The Morgan fingerprint density at radius 2 is 1.88 bits per heavy atom. The number of aromatic amines is 1. The second-order valence-corrected chi connectivity index (χ2v) is 13.4. The van der Waals surface area contributed by atoms with Gasteiger partial charge in [0, 0.05) is 0 Å². The van der Waals surface area contributed by atoms with Crippen molar-refractivity contribution in [2.75, 3.05) is 6.61 Å². The standard InChI is InChI=1S/C27H36N3O9PS/c1-15(2)37-26(33)18(5)29-40(35,39-20-9-7-19(8-10-20)22-11-6-16(3)41-22)36-14-21-24(32)17(4)25(38-21)30-13-12-23(31)28-27(30)34/h6-13,15,17-18,21,24-25,29,32,35,40H,14H2,1-5H3,(H,28,31,34)/t17-,18-,21+,24-,25+/m0/s1. The van der Waals surface area contributed by atoms with Crippen molar-refractivity contribution in [3.05, 3.63) is 74.4 Å². The van der Waals surface area contributed by atoms with E-state index in [0.717, 1.165) is 10.4 Å². The van der Waals surface area contributed by atoms with Crippen LogP contribution in [0.2, 0.25) is 0 Å². The summed E-state index contributed by atoms with van der Waals surface area (Å²) >= 11 is 1.65. The normalized spacial score (nSPS) is 22.0. The van der Waals surface area contributed by atoms with E-state index in [0.29, 0.717) is 5.75 Å². The molecule has 1 aromatic carbocycles. The molecule has 0 radical (unpaired) electrons. The van der Waals surface area contributed by atoms with Gasteiger partial charge in [0.2, 0.25) is 0 Å². The fraction of sp³-hybridized carbons (Fsp3) is 0.444. The molecule has 0 spiro atoms. The first-order chi connectivity index (χ1) is 19.3. The summed E-state index contributed by atoms with van der Waals surface area (Å²) in [6.45, 7) is 8.32. The zero-order chi connectivity index (χ0) is 29.9. The Kier molecular flexibility index (Phi) is 9.81. The molecule has 3 heterocycles. The van der Waals surface area contributed by atoms with E-state index in [9.17, 15) is 24.4 Å². The molecule has 12 nitrogen and oxygen atoms in total.